The zero-order chi connectivity index (χ0) is 16.8. The van der Waals surface area contributed by atoms with Gasteiger partial charge in [0.15, 0.2) is 6.10 Å². The minimum absolute atomic E-state index is 0.0784. The number of hydrogen-bond donors (Lipinski definition) is 2. The van der Waals surface area contributed by atoms with Gasteiger partial charge >= 0.3 is 6.18 Å². The van der Waals surface area contributed by atoms with Crippen LogP contribution < -0.4 is 10.1 Å². The number of para-hydroxylation sites is 1. The third kappa shape index (κ3) is 5.22. The number of halogens is 3. The highest BCUT2D eigenvalue weighted by atomic mass is 19.4. The maximum atomic E-state index is 12.9. The van der Waals surface area contributed by atoms with Crippen molar-refractivity contribution in [3.8, 4) is 5.75 Å². The molecule has 2 unspecified atom stereocenters. The first-order valence-electron chi connectivity index (χ1n) is 7.03. The fourth-order valence-corrected chi connectivity index (χ4v) is 1.90. The molecule has 1 aromatic carbocycles. The van der Waals surface area contributed by atoms with Crippen LogP contribution in [0.3, 0.4) is 0 Å². The van der Waals surface area contributed by atoms with Gasteiger partial charge in [0.05, 0.1) is 5.56 Å². The standard InChI is InChI=1S/C15H20F3NO3/c1-3-11(8-9-20)19-14(21)10(2)22-13-7-5-4-6-12(13)15(16,17)18/h4-7,10-11,20H,3,8-9H2,1-2H3,(H,19,21). The summed E-state index contributed by atoms with van der Waals surface area (Å²) in [6.07, 6.45) is -4.63. The van der Waals surface area contributed by atoms with Gasteiger partial charge in [-0.2, -0.15) is 13.2 Å². The number of carbonyl (C=O) groups is 1. The molecular weight excluding hydrogens is 299 g/mol. The maximum absolute atomic E-state index is 12.9. The van der Waals surface area contributed by atoms with Crippen molar-refractivity contribution in [2.75, 3.05) is 6.61 Å². The van der Waals surface area contributed by atoms with Gasteiger partial charge in [0, 0.05) is 12.6 Å². The van der Waals surface area contributed by atoms with E-state index in [1.807, 2.05) is 6.92 Å². The van der Waals surface area contributed by atoms with Gasteiger partial charge < -0.3 is 15.2 Å². The summed E-state index contributed by atoms with van der Waals surface area (Å²) in [5.41, 5.74) is -0.919. The lowest BCUT2D eigenvalue weighted by molar-refractivity contribution is -0.140. The van der Waals surface area contributed by atoms with Gasteiger partial charge in [-0.05, 0) is 31.9 Å². The average Bonchev–Trinajstić information content (AvgIpc) is 2.46. The Morgan fingerprint density at radius 1 is 1.36 bits per heavy atom. The van der Waals surface area contributed by atoms with Crippen molar-refractivity contribution < 1.29 is 27.8 Å². The Labute approximate surface area is 127 Å². The summed E-state index contributed by atoms with van der Waals surface area (Å²) >= 11 is 0. The number of aliphatic hydroxyl groups is 1. The Hall–Kier alpha value is -1.76. The van der Waals surface area contributed by atoms with Crippen molar-refractivity contribution in [1.82, 2.24) is 5.32 Å². The second kappa shape index (κ2) is 8.03. The third-order valence-electron chi connectivity index (χ3n) is 3.18. The lowest BCUT2D eigenvalue weighted by atomic mass is 10.1. The number of benzene rings is 1. The molecule has 0 fully saturated rings. The summed E-state index contributed by atoms with van der Waals surface area (Å²) in [7, 11) is 0. The Balaban J connectivity index is 2.76. The number of nitrogens with one attached hydrogen (secondary N) is 1. The van der Waals surface area contributed by atoms with Gasteiger partial charge in [-0.15, -0.1) is 0 Å². The number of aliphatic hydroxyl groups excluding tert-OH is 1. The molecule has 0 aliphatic carbocycles. The van der Waals surface area contributed by atoms with Crippen LogP contribution in [0, 0.1) is 0 Å². The molecule has 0 saturated carbocycles. The molecule has 0 aromatic heterocycles. The molecule has 0 aliphatic rings. The predicted molar refractivity (Wildman–Crippen MR) is 75.5 cm³/mol. The quantitative estimate of drug-likeness (QED) is 0.812. The monoisotopic (exact) mass is 319 g/mol. The number of alkyl halides is 3. The molecule has 2 N–H and O–H groups in total. The van der Waals surface area contributed by atoms with E-state index >= 15 is 0 Å². The van der Waals surface area contributed by atoms with Crippen LogP contribution >= 0.6 is 0 Å². The highest BCUT2D eigenvalue weighted by Gasteiger charge is 2.34. The molecule has 0 heterocycles. The molecule has 0 radical (unpaired) electrons. The van der Waals surface area contributed by atoms with Crippen LogP contribution in [0.4, 0.5) is 13.2 Å². The summed E-state index contributed by atoms with van der Waals surface area (Å²) in [6.45, 7) is 3.14. The number of carbonyl (C=O) groups excluding carboxylic acids is 1. The van der Waals surface area contributed by atoms with E-state index in [9.17, 15) is 18.0 Å². The Morgan fingerprint density at radius 3 is 2.55 bits per heavy atom. The SMILES string of the molecule is CCC(CCO)NC(=O)C(C)Oc1ccccc1C(F)(F)F. The van der Waals surface area contributed by atoms with E-state index in [1.54, 1.807) is 0 Å². The largest absolute Gasteiger partial charge is 0.480 e. The van der Waals surface area contributed by atoms with Crippen molar-refractivity contribution in [3.05, 3.63) is 29.8 Å². The zero-order valence-electron chi connectivity index (χ0n) is 12.5. The molecule has 0 spiro atoms. The highest BCUT2D eigenvalue weighted by molar-refractivity contribution is 5.81. The molecule has 0 bridgehead atoms. The number of amides is 1. The van der Waals surface area contributed by atoms with Gasteiger partial charge in [0.2, 0.25) is 0 Å². The molecule has 1 rings (SSSR count). The lowest BCUT2D eigenvalue weighted by Gasteiger charge is -2.21. The van der Waals surface area contributed by atoms with Crippen molar-refractivity contribution >= 4 is 5.91 Å². The molecule has 22 heavy (non-hydrogen) atoms. The van der Waals surface area contributed by atoms with Crippen LogP contribution in [0.15, 0.2) is 24.3 Å². The van der Waals surface area contributed by atoms with Crippen LogP contribution in [0.2, 0.25) is 0 Å². The molecule has 4 nitrogen and oxygen atoms in total. The topological polar surface area (TPSA) is 58.6 Å². The first-order chi connectivity index (χ1) is 10.3. The molecule has 1 aromatic rings. The van der Waals surface area contributed by atoms with Gasteiger partial charge in [-0.3, -0.25) is 4.79 Å². The smallest absolute Gasteiger partial charge is 0.419 e. The summed E-state index contributed by atoms with van der Waals surface area (Å²) in [6, 6.07) is 4.52. The molecule has 124 valence electrons. The molecular formula is C15H20F3NO3. The third-order valence-corrected chi connectivity index (χ3v) is 3.18. The first kappa shape index (κ1) is 18.3. The van der Waals surface area contributed by atoms with E-state index < -0.39 is 23.8 Å². The normalized spacial score (nSPS) is 14.3. The number of hydrogen-bond acceptors (Lipinski definition) is 3. The Kier molecular flexibility index (Phi) is 6.67. The Bertz CT molecular complexity index is 491. The average molecular weight is 319 g/mol. The van der Waals surface area contributed by atoms with Crippen molar-refractivity contribution in [1.29, 1.82) is 0 Å². The van der Waals surface area contributed by atoms with E-state index in [0.29, 0.717) is 12.8 Å². The summed E-state index contributed by atoms with van der Waals surface area (Å²) in [5.74, 6) is -0.898. The first-order valence-corrected chi connectivity index (χ1v) is 7.03. The van der Waals surface area contributed by atoms with Crippen molar-refractivity contribution in [3.63, 3.8) is 0 Å². The van der Waals surface area contributed by atoms with Crippen LogP contribution in [0.5, 0.6) is 5.75 Å². The van der Waals surface area contributed by atoms with E-state index in [1.165, 1.54) is 25.1 Å². The van der Waals surface area contributed by atoms with Crippen molar-refractivity contribution in [2.45, 2.75) is 45.0 Å². The predicted octanol–water partition coefficient (Wildman–Crippen LogP) is 2.75. The summed E-state index contributed by atoms with van der Waals surface area (Å²) in [5, 5.41) is 11.5. The zero-order valence-corrected chi connectivity index (χ0v) is 12.5. The molecule has 0 aliphatic heterocycles. The summed E-state index contributed by atoms with van der Waals surface area (Å²) in [4.78, 5) is 12.0. The van der Waals surface area contributed by atoms with Gasteiger partial charge in [0.25, 0.3) is 5.91 Å². The fourth-order valence-electron chi connectivity index (χ4n) is 1.90. The number of rotatable bonds is 7. The highest BCUT2D eigenvalue weighted by Crippen LogP contribution is 2.36. The maximum Gasteiger partial charge on any atom is 0.419 e. The fraction of sp³-hybridized carbons (Fsp3) is 0.533. The van der Waals surface area contributed by atoms with Crippen molar-refractivity contribution in [2.24, 2.45) is 0 Å². The van der Waals surface area contributed by atoms with Gasteiger partial charge in [-0.1, -0.05) is 19.1 Å². The molecule has 2 atom stereocenters. The number of ether oxygens (including phenoxy) is 1. The van der Waals surface area contributed by atoms with Gasteiger partial charge in [-0.25, -0.2) is 0 Å². The van der Waals surface area contributed by atoms with Crippen LogP contribution in [0.1, 0.15) is 32.3 Å². The molecule has 1 amide bonds. The van der Waals surface area contributed by atoms with E-state index in [4.69, 9.17) is 9.84 Å². The molecule has 0 saturated heterocycles. The van der Waals surface area contributed by atoms with Gasteiger partial charge in [0.1, 0.15) is 5.75 Å². The van der Waals surface area contributed by atoms with Crippen LogP contribution in [0.25, 0.3) is 0 Å². The van der Waals surface area contributed by atoms with E-state index in [2.05, 4.69) is 5.32 Å². The molecule has 7 heteroatoms. The lowest BCUT2D eigenvalue weighted by Crippen LogP contribution is -2.42. The minimum Gasteiger partial charge on any atom is -0.480 e. The van der Waals surface area contributed by atoms with E-state index in [-0.39, 0.29) is 18.4 Å². The van der Waals surface area contributed by atoms with E-state index in [0.717, 1.165) is 6.07 Å². The van der Waals surface area contributed by atoms with Crippen LogP contribution in [-0.4, -0.2) is 29.8 Å². The second-order valence-electron chi connectivity index (χ2n) is 4.88. The summed E-state index contributed by atoms with van der Waals surface area (Å²) < 4.78 is 43.7. The van der Waals surface area contributed by atoms with Crippen LogP contribution in [-0.2, 0) is 11.0 Å². The Morgan fingerprint density at radius 2 is 2.00 bits per heavy atom. The minimum atomic E-state index is -4.55. The second-order valence-corrected chi connectivity index (χ2v) is 4.88.